The van der Waals surface area contributed by atoms with Gasteiger partial charge in [0.05, 0.1) is 0 Å². The number of rotatable bonds is 2. The Morgan fingerprint density at radius 1 is 1.20 bits per heavy atom. The molecular weight excluding hydrogens is 253 g/mol. The van der Waals surface area contributed by atoms with Crippen LogP contribution in [-0.4, -0.2) is 23.9 Å². The van der Waals surface area contributed by atoms with Crippen LogP contribution in [0.25, 0.3) is 0 Å². The van der Waals surface area contributed by atoms with Gasteiger partial charge in [-0.05, 0) is 41.9 Å². The SMILES string of the molecule is CC(C)(C)CC(=O)N1CCC(c2ccc(F)cc2)CC1. The summed E-state index contributed by atoms with van der Waals surface area (Å²) in [5, 5.41) is 0. The van der Waals surface area contributed by atoms with Crippen LogP contribution in [0, 0.1) is 11.2 Å². The second-order valence-corrected chi connectivity index (χ2v) is 6.94. The normalized spacial score (nSPS) is 17.3. The lowest BCUT2D eigenvalue weighted by atomic mass is 9.88. The fraction of sp³-hybridized carbons (Fsp3) is 0.588. The standard InChI is InChI=1S/C17H24FNO/c1-17(2,3)12-16(20)19-10-8-14(9-11-19)13-4-6-15(18)7-5-13/h4-7,14H,8-12H2,1-3H3. The summed E-state index contributed by atoms with van der Waals surface area (Å²) in [7, 11) is 0. The van der Waals surface area contributed by atoms with Crippen LogP contribution in [0.2, 0.25) is 0 Å². The molecule has 2 rings (SSSR count). The van der Waals surface area contributed by atoms with Gasteiger partial charge in [0, 0.05) is 19.5 Å². The lowest BCUT2D eigenvalue weighted by Gasteiger charge is -2.34. The Balaban J connectivity index is 1.89. The van der Waals surface area contributed by atoms with E-state index in [1.807, 2.05) is 17.0 Å². The number of amides is 1. The maximum Gasteiger partial charge on any atom is 0.223 e. The molecule has 0 atom stereocenters. The molecule has 0 bridgehead atoms. The maximum atomic E-state index is 12.9. The van der Waals surface area contributed by atoms with Crippen LogP contribution >= 0.6 is 0 Å². The first-order chi connectivity index (χ1) is 9.35. The Kier molecular flexibility index (Phi) is 4.46. The number of carbonyl (C=O) groups is 1. The molecule has 110 valence electrons. The second-order valence-electron chi connectivity index (χ2n) is 6.94. The Labute approximate surface area is 121 Å². The van der Waals surface area contributed by atoms with Crippen molar-refractivity contribution in [2.75, 3.05) is 13.1 Å². The molecule has 2 nitrogen and oxygen atoms in total. The number of halogens is 1. The van der Waals surface area contributed by atoms with E-state index in [2.05, 4.69) is 20.8 Å². The van der Waals surface area contributed by atoms with Gasteiger partial charge >= 0.3 is 0 Å². The number of carbonyl (C=O) groups excluding carboxylic acids is 1. The third kappa shape index (κ3) is 4.06. The summed E-state index contributed by atoms with van der Waals surface area (Å²) < 4.78 is 12.9. The van der Waals surface area contributed by atoms with Gasteiger partial charge in [-0.1, -0.05) is 32.9 Å². The molecule has 1 aliphatic heterocycles. The first-order valence-corrected chi connectivity index (χ1v) is 7.38. The molecule has 0 radical (unpaired) electrons. The van der Waals surface area contributed by atoms with E-state index in [-0.39, 0.29) is 17.1 Å². The molecule has 0 unspecified atom stereocenters. The van der Waals surface area contributed by atoms with Crippen molar-refractivity contribution in [3.05, 3.63) is 35.6 Å². The van der Waals surface area contributed by atoms with Gasteiger partial charge in [-0.2, -0.15) is 0 Å². The van der Waals surface area contributed by atoms with Gasteiger partial charge in [0.2, 0.25) is 5.91 Å². The molecule has 1 fully saturated rings. The minimum absolute atomic E-state index is 0.0465. The summed E-state index contributed by atoms with van der Waals surface area (Å²) in [6.07, 6.45) is 2.55. The van der Waals surface area contributed by atoms with E-state index in [1.165, 1.54) is 17.7 Å². The first-order valence-electron chi connectivity index (χ1n) is 7.38. The molecule has 0 aliphatic carbocycles. The largest absolute Gasteiger partial charge is 0.343 e. The van der Waals surface area contributed by atoms with Crippen molar-refractivity contribution < 1.29 is 9.18 Å². The molecule has 3 heteroatoms. The van der Waals surface area contributed by atoms with Crippen LogP contribution in [0.15, 0.2) is 24.3 Å². The lowest BCUT2D eigenvalue weighted by Crippen LogP contribution is -2.39. The highest BCUT2D eigenvalue weighted by Crippen LogP contribution is 2.29. The molecule has 0 aromatic heterocycles. The van der Waals surface area contributed by atoms with Crippen LogP contribution in [-0.2, 0) is 4.79 Å². The zero-order chi connectivity index (χ0) is 14.8. The molecule has 1 aromatic carbocycles. The van der Waals surface area contributed by atoms with Crippen LogP contribution < -0.4 is 0 Å². The van der Waals surface area contributed by atoms with E-state index in [0.717, 1.165) is 25.9 Å². The number of hydrogen-bond donors (Lipinski definition) is 0. The third-order valence-electron chi connectivity index (χ3n) is 3.87. The molecule has 1 aromatic rings. The monoisotopic (exact) mass is 277 g/mol. The quantitative estimate of drug-likeness (QED) is 0.801. The van der Waals surface area contributed by atoms with E-state index in [0.29, 0.717) is 12.3 Å². The fourth-order valence-corrected chi connectivity index (χ4v) is 2.76. The number of hydrogen-bond acceptors (Lipinski definition) is 1. The van der Waals surface area contributed by atoms with Crippen molar-refractivity contribution in [3.8, 4) is 0 Å². The third-order valence-corrected chi connectivity index (χ3v) is 3.87. The van der Waals surface area contributed by atoms with Gasteiger partial charge in [0.15, 0.2) is 0 Å². The Bertz CT molecular complexity index is 453. The molecule has 0 saturated carbocycles. The second kappa shape index (κ2) is 5.94. The average Bonchev–Trinajstić information content (AvgIpc) is 2.38. The summed E-state index contributed by atoms with van der Waals surface area (Å²) in [5.41, 5.74) is 1.24. The summed E-state index contributed by atoms with van der Waals surface area (Å²) >= 11 is 0. The molecular formula is C17H24FNO. The van der Waals surface area contributed by atoms with Crippen molar-refractivity contribution in [2.24, 2.45) is 5.41 Å². The highest BCUT2D eigenvalue weighted by atomic mass is 19.1. The van der Waals surface area contributed by atoms with Crippen LogP contribution in [0.5, 0.6) is 0 Å². The van der Waals surface area contributed by atoms with E-state index in [1.54, 1.807) is 0 Å². The maximum absolute atomic E-state index is 12.9. The van der Waals surface area contributed by atoms with Crippen molar-refractivity contribution in [1.82, 2.24) is 4.90 Å². The van der Waals surface area contributed by atoms with Gasteiger partial charge in [-0.25, -0.2) is 4.39 Å². The zero-order valence-electron chi connectivity index (χ0n) is 12.7. The topological polar surface area (TPSA) is 20.3 Å². The summed E-state index contributed by atoms with van der Waals surface area (Å²) in [6, 6.07) is 6.78. The summed E-state index contributed by atoms with van der Waals surface area (Å²) in [5.74, 6) is 0.524. The predicted octanol–water partition coefficient (Wildman–Crippen LogP) is 3.97. The molecule has 0 spiro atoms. The predicted molar refractivity (Wildman–Crippen MR) is 79.0 cm³/mol. The van der Waals surface area contributed by atoms with E-state index < -0.39 is 0 Å². The number of likely N-dealkylation sites (tertiary alicyclic amines) is 1. The van der Waals surface area contributed by atoms with Gasteiger partial charge in [0.1, 0.15) is 5.82 Å². The van der Waals surface area contributed by atoms with Gasteiger partial charge in [-0.15, -0.1) is 0 Å². The minimum atomic E-state index is -0.188. The Morgan fingerprint density at radius 2 is 1.75 bits per heavy atom. The van der Waals surface area contributed by atoms with E-state index >= 15 is 0 Å². The van der Waals surface area contributed by atoms with Crippen molar-refractivity contribution in [3.63, 3.8) is 0 Å². The van der Waals surface area contributed by atoms with Crippen LogP contribution in [0.4, 0.5) is 4.39 Å². The lowest BCUT2D eigenvalue weighted by molar-refractivity contribution is -0.134. The van der Waals surface area contributed by atoms with Crippen LogP contribution in [0.3, 0.4) is 0 Å². The van der Waals surface area contributed by atoms with Gasteiger partial charge < -0.3 is 4.90 Å². The minimum Gasteiger partial charge on any atom is -0.343 e. The van der Waals surface area contributed by atoms with Crippen molar-refractivity contribution in [1.29, 1.82) is 0 Å². The molecule has 20 heavy (non-hydrogen) atoms. The van der Waals surface area contributed by atoms with Crippen molar-refractivity contribution in [2.45, 2.75) is 46.0 Å². The van der Waals surface area contributed by atoms with E-state index in [9.17, 15) is 9.18 Å². The van der Waals surface area contributed by atoms with E-state index in [4.69, 9.17) is 0 Å². The van der Waals surface area contributed by atoms with Gasteiger partial charge in [-0.3, -0.25) is 4.79 Å². The van der Waals surface area contributed by atoms with Crippen molar-refractivity contribution >= 4 is 5.91 Å². The molecule has 1 amide bonds. The molecule has 0 N–H and O–H groups in total. The highest BCUT2D eigenvalue weighted by Gasteiger charge is 2.26. The molecule has 1 saturated heterocycles. The van der Waals surface area contributed by atoms with Crippen LogP contribution in [0.1, 0.15) is 51.5 Å². The fourth-order valence-electron chi connectivity index (χ4n) is 2.76. The highest BCUT2D eigenvalue weighted by molar-refractivity contribution is 5.76. The smallest absolute Gasteiger partial charge is 0.223 e. The first kappa shape index (κ1) is 15.0. The molecule has 1 aliphatic rings. The summed E-state index contributed by atoms with van der Waals surface area (Å²) in [4.78, 5) is 14.2. The summed E-state index contributed by atoms with van der Waals surface area (Å²) in [6.45, 7) is 7.91. The molecule has 1 heterocycles. The zero-order valence-corrected chi connectivity index (χ0v) is 12.7. The van der Waals surface area contributed by atoms with Gasteiger partial charge in [0.25, 0.3) is 0 Å². The number of piperidine rings is 1. The average molecular weight is 277 g/mol. The number of nitrogens with zero attached hydrogens (tertiary/aromatic N) is 1. The Morgan fingerprint density at radius 3 is 2.25 bits per heavy atom. The Hall–Kier alpha value is -1.38. The number of benzene rings is 1.